The van der Waals surface area contributed by atoms with Gasteiger partial charge in [0.1, 0.15) is 24.8 Å². The van der Waals surface area contributed by atoms with E-state index in [9.17, 15) is 0 Å². The van der Waals surface area contributed by atoms with Crippen molar-refractivity contribution in [2.45, 2.75) is 77.8 Å². The van der Waals surface area contributed by atoms with Crippen molar-refractivity contribution in [3.05, 3.63) is 132 Å². The number of nitrogens with zero attached hydrogens (tertiary/aromatic N) is 2. The number of aryl methyl sites for hydroxylation is 1. The Morgan fingerprint density at radius 1 is 0.759 bits per heavy atom. The molecule has 3 heterocycles. The van der Waals surface area contributed by atoms with Gasteiger partial charge in [0.25, 0.3) is 0 Å². The molecule has 0 bridgehead atoms. The average molecular weight is 729 g/mol. The number of ether oxygens (including phenoxy) is 3. The number of pyridine rings is 1. The third-order valence-corrected chi connectivity index (χ3v) is 11.1. The fourth-order valence-electron chi connectivity index (χ4n) is 7.13. The lowest BCUT2D eigenvalue weighted by Crippen LogP contribution is -2.41. The standard InChI is InChI=1S/C45H50BFN2O5/c1-44(2)45(3,4)54-46(53-44)38-21-18-33(28-41(38)50-5)17-16-32-24-26-49(27-25-32)40-22-19-36(29-39(40)47)37-20-23-42(51-30-34-12-8-6-9-13-34)48-43(37)52-31-35-14-10-7-11-15-35/h6-15,18-23,28-29,32H,16-17,24-27,30-31H2,1-5H3. The number of rotatable bonds is 13. The van der Waals surface area contributed by atoms with Gasteiger partial charge in [-0.15, -0.1) is 0 Å². The summed E-state index contributed by atoms with van der Waals surface area (Å²) in [6.45, 7) is 10.6. The molecule has 1 aromatic heterocycles. The summed E-state index contributed by atoms with van der Waals surface area (Å²) >= 11 is 0. The molecule has 7 rings (SSSR count). The van der Waals surface area contributed by atoms with Gasteiger partial charge in [-0.2, -0.15) is 4.98 Å². The van der Waals surface area contributed by atoms with E-state index in [0.717, 1.165) is 61.1 Å². The van der Waals surface area contributed by atoms with Gasteiger partial charge in [0, 0.05) is 30.2 Å². The van der Waals surface area contributed by atoms with Gasteiger partial charge in [-0.25, -0.2) is 4.39 Å². The van der Waals surface area contributed by atoms with Crippen molar-refractivity contribution < 1.29 is 27.9 Å². The molecule has 2 fully saturated rings. The molecule has 0 saturated carbocycles. The van der Waals surface area contributed by atoms with Gasteiger partial charge < -0.3 is 28.4 Å². The lowest BCUT2D eigenvalue weighted by Gasteiger charge is -2.34. The van der Waals surface area contributed by atoms with Crippen LogP contribution in [0.2, 0.25) is 0 Å². The Labute approximate surface area is 319 Å². The molecule has 4 aromatic carbocycles. The average Bonchev–Trinajstić information content (AvgIpc) is 3.41. The highest BCUT2D eigenvalue weighted by Gasteiger charge is 2.52. The molecule has 0 unspecified atom stereocenters. The maximum atomic E-state index is 15.9. The molecular weight excluding hydrogens is 678 g/mol. The van der Waals surface area contributed by atoms with Gasteiger partial charge in [0.05, 0.1) is 24.0 Å². The number of anilines is 1. The van der Waals surface area contributed by atoms with Crippen LogP contribution in [0.5, 0.6) is 17.5 Å². The largest absolute Gasteiger partial charge is 0.498 e. The molecule has 0 amide bonds. The van der Waals surface area contributed by atoms with E-state index in [0.29, 0.717) is 47.7 Å². The molecule has 0 radical (unpaired) electrons. The smallest absolute Gasteiger partial charge is 0.497 e. The van der Waals surface area contributed by atoms with E-state index in [4.69, 9.17) is 28.5 Å². The van der Waals surface area contributed by atoms with Gasteiger partial charge in [0.15, 0.2) is 0 Å². The van der Waals surface area contributed by atoms with Crippen LogP contribution in [0.15, 0.2) is 109 Å². The van der Waals surface area contributed by atoms with Crippen molar-refractivity contribution in [3.63, 3.8) is 0 Å². The predicted octanol–water partition coefficient (Wildman–Crippen LogP) is 9.20. The molecule has 7 nitrogen and oxygen atoms in total. The van der Waals surface area contributed by atoms with Gasteiger partial charge >= 0.3 is 7.12 Å². The van der Waals surface area contributed by atoms with Crippen LogP contribution in [0, 0.1) is 11.7 Å². The van der Waals surface area contributed by atoms with Crippen LogP contribution >= 0.6 is 0 Å². The quantitative estimate of drug-likeness (QED) is 0.112. The minimum atomic E-state index is -0.463. The van der Waals surface area contributed by atoms with Crippen molar-refractivity contribution in [1.29, 1.82) is 0 Å². The van der Waals surface area contributed by atoms with E-state index in [1.807, 2.05) is 84.9 Å². The minimum Gasteiger partial charge on any atom is -0.497 e. The molecule has 2 saturated heterocycles. The molecule has 0 N–H and O–H groups in total. The normalized spacial score (nSPS) is 16.7. The summed E-state index contributed by atoms with van der Waals surface area (Å²) in [7, 11) is 1.23. The number of benzene rings is 4. The maximum absolute atomic E-state index is 15.9. The Morgan fingerprint density at radius 3 is 2.04 bits per heavy atom. The third kappa shape index (κ3) is 8.58. The van der Waals surface area contributed by atoms with Gasteiger partial charge in [0.2, 0.25) is 11.8 Å². The van der Waals surface area contributed by atoms with Crippen molar-refractivity contribution >= 4 is 18.3 Å². The second-order valence-electron chi connectivity index (χ2n) is 15.4. The topological polar surface area (TPSA) is 62.3 Å². The Morgan fingerprint density at radius 2 is 1.41 bits per heavy atom. The molecular formula is C45H50BFN2O5. The second kappa shape index (κ2) is 16.3. The molecule has 2 aliphatic heterocycles. The first-order chi connectivity index (χ1) is 26.1. The van der Waals surface area contributed by atoms with Crippen molar-refractivity contribution in [2.75, 3.05) is 25.1 Å². The zero-order chi connectivity index (χ0) is 37.7. The number of methoxy groups -OCH3 is 1. The summed E-state index contributed by atoms with van der Waals surface area (Å²) in [6.07, 6.45) is 4.04. The number of halogens is 1. The zero-order valence-corrected chi connectivity index (χ0v) is 32.0. The summed E-state index contributed by atoms with van der Waals surface area (Å²) in [5.41, 5.74) is 5.42. The molecule has 0 aliphatic carbocycles. The molecule has 9 heteroatoms. The van der Waals surface area contributed by atoms with Crippen LogP contribution in [0.1, 0.15) is 63.6 Å². The van der Waals surface area contributed by atoms with E-state index in [1.165, 1.54) is 5.56 Å². The molecule has 54 heavy (non-hydrogen) atoms. The van der Waals surface area contributed by atoms with Crippen LogP contribution in [0.4, 0.5) is 10.1 Å². The molecule has 0 atom stereocenters. The molecule has 2 aliphatic rings. The van der Waals surface area contributed by atoms with E-state index >= 15 is 4.39 Å². The zero-order valence-electron chi connectivity index (χ0n) is 32.0. The SMILES string of the molecule is COc1cc(CCC2CCN(c3ccc(-c4ccc(OCc5ccccc5)nc4OCc4ccccc4)cc3F)CC2)ccc1B1OC(C)(C)C(C)(C)O1. The van der Waals surface area contributed by atoms with Gasteiger partial charge in [-0.05, 0) is 106 Å². The van der Waals surface area contributed by atoms with Crippen LogP contribution in [0.3, 0.4) is 0 Å². The highest BCUT2D eigenvalue weighted by atomic mass is 19.1. The van der Waals surface area contributed by atoms with Crippen molar-refractivity contribution in [2.24, 2.45) is 5.92 Å². The van der Waals surface area contributed by atoms with E-state index in [2.05, 4.69) is 50.8 Å². The number of piperidine rings is 1. The molecule has 5 aromatic rings. The van der Waals surface area contributed by atoms with Gasteiger partial charge in [-0.1, -0.05) is 78.9 Å². The molecule has 0 spiro atoms. The maximum Gasteiger partial charge on any atom is 0.498 e. The summed E-state index contributed by atoms with van der Waals surface area (Å²) < 4.78 is 46.5. The highest BCUT2D eigenvalue weighted by molar-refractivity contribution is 6.63. The first-order valence-corrected chi connectivity index (χ1v) is 19.0. The van der Waals surface area contributed by atoms with Crippen molar-refractivity contribution in [1.82, 2.24) is 4.98 Å². The van der Waals surface area contributed by atoms with Crippen LogP contribution in [-0.4, -0.2) is 43.5 Å². The van der Waals surface area contributed by atoms with Crippen LogP contribution in [0.25, 0.3) is 11.1 Å². The van der Waals surface area contributed by atoms with Gasteiger partial charge in [-0.3, -0.25) is 0 Å². The third-order valence-electron chi connectivity index (χ3n) is 11.1. The van der Waals surface area contributed by atoms with E-state index in [-0.39, 0.29) is 5.82 Å². The Kier molecular flexibility index (Phi) is 11.3. The Balaban J connectivity index is 0.977. The first-order valence-electron chi connectivity index (χ1n) is 19.0. The summed E-state index contributed by atoms with van der Waals surface area (Å²) in [5, 5.41) is 0. The van der Waals surface area contributed by atoms with E-state index < -0.39 is 18.3 Å². The van der Waals surface area contributed by atoms with Crippen molar-refractivity contribution in [3.8, 4) is 28.6 Å². The number of hydrogen-bond acceptors (Lipinski definition) is 7. The summed E-state index contributed by atoms with van der Waals surface area (Å²) in [5.74, 6) is 1.95. The Hall–Kier alpha value is -4.86. The molecule has 280 valence electrons. The summed E-state index contributed by atoms with van der Waals surface area (Å²) in [4.78, 5) is 6.89. The Bertz CT molecular complexity index is 2000. The highest BCUT2D eigenvalue weighted by Crippen LogP contribution is 2.38. The minimum absolute atomic E-state index is 0.251. The number of hydrogen-bond donors (Lipinski definition) is 0. The van der Waals surface area contributed by atoms with E-state index in [1.54, 1.807) is 13.2 Å². The monoisotopic (exact) mass is 728 g/mol. The lowest BCUT2D eigenvalue weighted by atomic mass is 9.77. The lowest BCUT2D eigenvalue weighted by molar-refractivity contribution is 0.00578. The summed E-state index contributed by atoms with van der Waals surface area (Å²) in [6, 6.07) is 35.4. The fraction of sp³-hybridized carbons (Fsp3) is 0.356. The first kappa shape index (κ1) is 37.5. The van der Waals surface area contributed by atoms with Crippen LogP contribution in [-0.2, 0) is 28.9 Å². The second-order valence-corrected chi connectivity index (χ2v) is 15.4. The van der Waals surface area contributed by atoms with Crippen LogP contribution < -0.4 is 24.6 Å². The predicted molar refractivity (Wildman–Crippen MR) is 213 cm³/mol. The number of aromatic nitrogens is 1. The fourth-order valence-corrected chi connectivity index (χ4v) is 7.13.